The van der Waals surface area contributed by atoms with Gasteiger partial charge in [0.1, 0.15) is 11.5 Å². The molecule has 1 fully saturated rings. The Morgan fingerprint density at radius 1 is 0.860 bits per heavy atom. The number of hydrogen-bond donors (Lipinski definition) is 1. The summed E-state index contributed by atoms with van der Waals surface area (Å²) in [6.45, 7) is 1.86. The van der Waals surface area contributed by atoms with Crippen molar-refractivity contribution in [1.29, 1.82) is 0 Å². The maximum absolute atomic E-state index is 13.4. The molecule has 1 N–H and O–H groups in total. The molecule has 2 heterocycles. The minimum atomic E-state index is -4.46. The summed E-state index contributed by atoms with van der Waals surface area (Å²) >= 11 is 0. The summed E-state index contributed by atoms with van der Waals surface area (Å²) < 4.78 is 53.1. The molecule has 43 heavy (non-hydrogen) atoms. The highest BCUT2D eigenvalue weighted by Crippen LogP contribution is 2.57. The van der Waals surface area contributed by atoms with Crippen molar-refractivity contribution < 1.29 is 27.4 Å². The number of esters is 1. The zero-order valence-electron chi connectivity index (χ0n) is 23.9. The van der Waals surface area contributed by atoms with Gasteiger partial charge in [0.25, 0.3) is 0 Å². The van der Waals surface area contributed by atoms with Gasteiger partial charge in [-0.3, -0.25) is 0 Å². The molecule has 7 rings (SSSR count). The van der Waals surface area contributed by atoms with Gasteiger partial charge in [-0.2, -0.15) is 13.2 Å². The van der Waals surface area contributed by atoms with E-state index < -0.39 is 23.3 Å². The molecule has 3 aliphatic rings. The Hall–Kier alpha value is -4.46. The molecular formula is C35H31F3N2O3. The Kier molecular flexibility index (Phi) is 6.41. The Morgan fingerprint density at radius 3 is 2.42 bits per heavy atom. The van der Waals surface area contributed by atoms with Gasteiger partial charge in [0.2, 0.25) is 0 Å². The number of rotatable bonds is 4. The number of carbonyl (C=O) groups is 1. The van der Waals surface area contributed by atoms with Crippen LogP contribution in [0.4, 0.5) is 30.2 Å². The topological polar surface area (TPSA) is 50.8 Å². The van der Waals surface area contributed by atoms with Crippen LogP contribution in [-0.4, -0.2) is 19.1 Å². The highest BCUT2D eigenvalue weighted by atomic mass is 19.4. The van der Waals surface area contributed by atoms with Crippen LogP contribution in [0.15, 0.2) is 78.9 Å². The average Bonchev–Trinajstić information content (AvgIpc) is 3.30. The second-order valence-corrected chi connectivity index (χ2v) is 11.7. The van der Waals surface area contributed by atoms with E-state index >= 15 is 0 Å². The SMILES string of the molecule is Cc1cc2c(cc1Nc1cccc(C(F)(F)F)c1)C1(OC(=O)c3ccccc31)c1ccc(N(C)C3CCCCC3)cc1O2. The molecule has 8 heteroatoms. The quantitative estimate of drug-likeness (QED) is 0.243. The summed E-state index contributed by atoms with van der Waals surface area (Å²) in [5.74, 6) is 0.697. The number of halogens is 3. The normalized spacial score (nSPS) is 19.2. The number of ether oxygens (including phenoxy) is 2. The van der Waals surface area contributed by atoms with Gasteiger partial charge in [-0.1, -0.05) is 43.5 Å². The molecule has 1 unspecified atom stereocenters. The van der Waals surface area contributed by atoms with E-state index in [0.717, 1.165) is 36.2 Å². The number of anilines is 3. The fraction of sp³-hybridized carbons (Fsp3) is 0.286. The number of hydrogen-bond acceptors (Lipinski definition) is 5. The number of nitrogens with one attached hydrogen (secondary N) is 1. The summed E-state index contributed by atoms with van der Waals surface area (Å²) in [4.78, 5) is 15.6. The van der Waals surface area contributed by atoms with E-state index in [0.29, 0.717) is 51.2 Å². The van der Waals surface area contributed by atoms with Gasteiger partial charge in [-0.25, -0.2) is 4.79 Å². The molecule has 1 spiro atoms. The molecule has 0 radical (unpaired) electrons. The molecule has 0 amide bonds. The Bertz CT molecular complexity index is 1750. The van der Waals surface area contributed by atoms with Crippen molar-refractivity contribution in [2.45, 2.75) is 56.8 Å². The zero-order valence-corrected chi connectivity index (χ0v) is 23.9. The van der Waals surface area contributed by atoms with E-state index in [1.165, 1.54) is 25.3 Å². The summed E-state index contributed by atoms with van der Waals surface area (Å²) in [6.07, 6.45) is 1.53. The van der Waals surface area contributed by atoms with Gasteiger partial charge in [-0.15, -0.1) is 0 Å². The number of nitrogens with zero attached hydrogens (tertiary/aromatic N) is 1. The second kappa shape index (κ2) is 10.1. The minimum absolute atomic E-state index is 0.295. The van der Waals surface area contributed by atoms with E-state index in [1.807, 2.05) is 49.4 Å². The molecule has 5 nitrogen and oxygen atoms in total. The third-order valence-corrected chi connectivity index (χ3v) is 9.04. The molecule has 1 atom stereocenters. The lowest BCUT2D eigenvalue weighted by Crippen LogP contribution is -2.35. The smallest absolute Gasteiger partial charge is 0.416 e. The third-order valence-electron chi connectivity index (χ3n) is 9.04. The molecule has 4 aromatic rings. The molecule has 220 valence electrons. The lowest BCUT2D eigenvalue weighted by molar-refractivity contribution is -0.137. The predicted molar refractivity (Wildman–Crippen MR) is 159 cm³/mol. The number of aryl methyl sites for hydroxylation is 1. The number of carbonyl (C=O) groups excluding carboxylic acids is 1. The minimum Gasteiger partial charge on any atom is -0.456 e. The average molecular weight is 585 g/mol. The third kappa shape index (κ3) is 4.51. The van der Waals surface area contributed by atoms with Crippen LogP contribution in [0.3, 0.4) is 0 Å². The fourth-order valence-electron chi connectivity index (χ4n) is 6.77. The number of benzene rings is 4. The van der Waals surface area contributed by atoms with Crippen molar-refractivity contribution in [2.24, 2.45) is 0 Å². The van der Waals surface area contributed by atoms with Crippen molar-refractivity contribution in [2.75, 3.05) is 17.3 Å². The largest absolute Gasteiger partial charge is 0.456 e. The molecule has 0 saturated heterocycles. The van der Waals surface area contributed by atoms with Crippen LogP contribution in [0.5, 0.6) is 11.5 Å². The predicted octanol–water partition coefficient (Wildman–Crippen LogP) is 9.09. The van der Waals surface area contributed by atoms with E-state index in [-0.39, 0.29) is 0 Å². The van der Waals surface area contributed by atoms with Crippen molar-refractivity contribution in [3.05, 3.63) is 112 Å². The van der Waals surface area contributed by atoms with Crippen molar-refractivity contribution in [3.63, 3.8) is 0 Å². The van der Waals surface area contributed by atoms with Gasteiger partial charge in [0.05, 0.1) is 11.1 Å². The lowest BCUT2D eigenvalue weighted by Gasteiger charge is -2.38. The van der Waals surface area contributed by atoms with E-state index in [2.05, 4.69) is 17.3 Å². The first-order valence-electron chi connectivity index (χ1n) is 14.6. The molecule has 0 bridgehead atoms. The van der Waals surface area contributed by atoms with E-state index in [1.54, 1.807) is 18.2 Å². The summed E-state index contributed by atoms with van der Waals surface area (Å²) in [7, 11) is 2.12. The standard InChI is InChI=1S/C35H31F3N2O3/c1-21-17-31-29(20-30(21)39-23-10-8-9-22(18-23)35(36,37)38)34(27-14-7-6-13-26(27)33(41)43-34)28-16-15-25(19-32(28)42-31)40(2)24-11-4-3-5-12-24/h6-10,13-20,24,39H,3-5,11-12H2,1-2H3. The van der Waals surface area contributed by atoms with Crippen LogP contribution >= 0.6 is 0 Å². The van der Waals surface area contributed by atoms with Gasteiger partial charge < -0.3 is 19.7 Å². The van der Waals surface area contributed by atoms with Gasteiger partial charge in [0.15, 0.2) is 5.60 Å². The van der Waals surface area contributed by atoms with Gasteiger partial charge in [-0.05, 0) is 73.9 Å². The van der Waals surface area contributed by atoms with Crippen molar-refractivity contribution in [1.82, 2.24) is 0 Å². The van der Waals surface area contributed by atoms with Crippen molar-refractivity contribution >= 4 is 23.0 Å². The maximum Gasteiger partial charge on any atom is 0.416 e. The molecule has 4 aromatic carbocycles. The zero-order chi connectivity index (χ0) is 29.9. The maximum atomic E-state index is 13.4. The van der Waals surface area contributed by atoms with Crippen LogP contribution in [0.25, 0.3) is 0 Å². The molecule has 2 aliphatic heterocycles. The molecule has 1 aliphatic carbocycles. The fourth-order valence-corrected chi connectivity index (χ4v) is 6.77. The van der Waals surface area contributed by atoms with E-state index in [9.17, 15) is 18.0 Å². The van der Waals surface area contributed by atoms with Crippen LogP contribution in [0, 0.1) is 6.92 Å². The van der Waals surface area contributed by atoms with Crippen molar-refractivity contribution in [3.8, 4) is 11.5 Å². The van der Waals surface area contributed by atoms with Gasteiger partial charge >= 0.3 is 12.1 Å². The highest BCUT2D eigenvalue weighted by molar-refractivity contribution is 5.97. The van der Waals surface area contributed by atoms with Crippen LogP contribution in [0.2, 0.25) is 0 Å². The first kappa shape index (κ1) is 27.4. The summed E-state index contributed by atoms with van der Waals surface area (Å²) in [5.41, 5.74) is 3.13. The Morgan fingerprint density at radius 2 is 1.63 bits per heavy atom. The summed E-state index contributed by atoms with van der Waals surface area (Å²) in [6, 6.07) is 22.6. The van der Waals surface area contributed by atoms with Crippen LogP contribution in [-0.2, 0) is 16.5 Å². The lowest BCUT2D eigenvalue weighted by atomic mass is 9.77. The molecule has 1 saturated carbocycles. The molecule has 0 aromatic heterocycles. The number of alkyl halides is 3. The summed E-state index contributed by atoms with van der Waals surface area (Å²) in [5, 5.41) is 3.16. The Labute approximate surface area is 248 Å². The van der Waals surface area contributed by atoms with Crippen LogP contribution < -0.4 is 15.0 Å². The first-order chi connectivity index (χ1) is 20.6. The van der Waals surface area contributed by atoms with Crippen LogP contribution in [0.1, 0.15) is 70.3 Å². The molecular weight excluding hydrogens is 553 g/mol. The highest BCUT2D eigenvalue weighted by Gasteiger charge is 2.53. The first-order valence-corrected chi connectivity index (χ1v) is 14.6. The van der Waals surface area contributed by atoms with E-state index in [4.69, 9.17) is 9.47 Å². The second-order valence-electron chi connectivity index (χ2n) is 11.7. The number of fused-ring (bicyclic) bond motifs is 6. The van der Waals surface area contributed by atoms with Gasteiger partial charge in [0, 0.05) is 52.9 Å². The Balaban J connectivity index is 1.36. The monoisotopic (exact) mass is 584 g/mol.